The number of rotatable bonds is 12. The van der Waals surface area contributed by atoms with E-state index in [9.17, 15) is 27.2 Å². The first-order valence-corrected chi connectivity index (χ1v) is 15.9. The van der Waals surface area contributed by atoms with Gasteiger partial charge >= 0.3 is 6.18 Å². The van der Waals surface area contributed by atoms with Crippen LogP contribution in [0.15, 0.2) is 88.9 Å². The number of benzene rings is 2. The van der Waals surface area contributed by atoms with Gasteiger partial charge in [-0.25, -0.2) is 9.07 Å². The Hall–Kier alpha value is -4.03. The van der Waals surface area contributed by atoms with Crippen LogP contribution in [-0.2, 0) is 30.1 Å². The smallest absolute Gasteiger partial charge is 0.332 e. The third-order valence-electron chi connectivity index (χ3n) is 7.71. The number of allylic oxidation sites excluding steroid dienone is 5. The van der Waals surface area contributed by atoms with Crippen LogP contribution in [0, 0.1) is 5.82 Å². The van der Waals surface area contributed by atoms with Crippen LogP contribution >= 0.6 is 11.8 Å². The molecule has 1 aromatic heterocycles. The van der Waals surface area contributed by atoms with Gasteiger partial charge in [0, 0.05) is 30.5 Å². The molecule has 2 heterocycles. The molecule has 2 aromatic carbocycles. The highest BCUT2D eigenvalue weighted by Gasteiger charge is 2.31. The van der Waals surface area contributed by atoms with E-state index in [1.165, 1.54) is 34.7 Å². The van der Waals surface area contributed by atoms with Gasteiger partial charge in [-0.15, -0.1) is 0 Å². The first-order valence-electron chi connectivity index (χ1n) is 14.9. The Morgan fingerprint density at radius 3 is 2.37 bits per heavy atom. The standard InChI is InChI=1S/C34H37F4N5O2S/c1-5-26(12-7-23(3)34(36,37)38)27-13-8-24(9-14-27)19-42(29-17-18-41(4)20-29)31(44)21-43-33(39-32(45)30(6-2)40-43)46-22-25-10-15-28(35)16-11-25/h5,7-16,29H,3,6,17-22H2,1-2,4H3/b12-7-,26-5+. The lowest BCUT2D eigenvalue weighted by atomic mass is 10.0. The summed E-state index contributed by atoms with van der Waals surface area (Å²) in [6.45, 7) is 8.36. The molecule has 1 aliphatic heterocycles. The van der Waals surface area contributed by atoms with E-state index >= 15 is 0 Å². The van der Waals surface area contributed by atoms with Gasteiger partial charge in [0.15, 0.2) is 5.16 Å². The van der Waals surface area contributed by atoms with Gasteiger partial charge in [0.25, 0.3) is 5.56 Å². The summed E-state index contributed by atoms with van der Waals surface area (Å²) in [6, 6.07) is 13.4. The molecule has 46 heavy (non-hydrogen) atoms. The number of amides is 1. The zero-order valence-electron chi connectivity index (χ0n) is 26.1. The highest BCUT2D eigenvalue weighted by atomic mass is 32.2. The summed E-state index contributed by atoms with van der Waals surface area (Å²) in [7, 11) is 2.00. The average molecular weight is 656 g/mol. The first kappa shape index (κ1) is 34.8. The molecular formula is C34H37F4N5O2S. The Bertz CT molecular complexity index is 1650. The van der Waals surface area contributed by atoms with Gasteiger partial charge in [-0.05, 0) is 67.8 Å². The number of nitrogens with zero attached hydrogens (tertiary/aromatic N) is 5. The van der Waals surface area contributed by atoms with Crippen molar-refractivity contribution >= 4 is 23.2 Å². The van der Waals surface area contributed by atoms with Crippen molar-refractivity contribution in [1.82, 2.24) is 24.6 Å². The molecule has 0 spiro atoms. The fourth-order valence-corrected chi connectivity index (χ4v) is 5.94. The maximum atomic E-state index is 14.0. The van der Waals surface area contributed by atoms with Crippen LogP contribution in [0.5, 0.6) is 0 Å². The fraction of sp³-hybridized carbons (Fsp3) is 0.353. The lowest BCUT2D eigenvalue weighted by molar-refractivity contribution is -0.135. The molecule has 1 aliphatic rings. The van der Waals surface area contributed by atoms with Gasteiger partial charge in [-0.2, -0.15) is 23.3 Å². The number of hydrogen-bond acceptors (Lipinski definition) is 6. The second kappa shape index (κ2) is 15.5. The second-order valence-corrected chi connectivity index (χ2v) is 12.0. The number of carbonyl (C=O) groups excluding carboxylic acids is 1. The molecule has 1 saturated heterocycles. The van der Waals surface area contributed by atoms with E-state index in [4.69, 9.17) is 0 Å². The van der Waals surface area contributed by atoms with E-state index in [-0.39, 0.29) is 30.0 Å². The summed E-state index contributed by atoms with van der Waals surface area (Å²) >= 11 is 1.25. The number of alkyl halides is 3. The number of halogens is 4. The van der Waals surface area contributed by atoms with Crippen LogP contribution in [0.3, 0.4) is 0 Å². The van der Waals surface area contributed by atoms with E-state index in [1.54, 1.807) is 32.1 Å². The van der Waals surface area contributed by atoms with E-state index in [2.05, 4.69) is 21.6 Å². The van der Waals surface area contributed by atoms with Gasteiger partial charge in [-0.1, -0.05) is 79.9 Å². The maximum absolute atomic E-state index is 14.0. The third-order valence-corrected chi connectivity index (χ3v) is 8.75. The monoisotopic (exact) mass is 655 g/mol. The number of aromatic nitrogens is 3. The van der Waals surface area contributed by atoms with Crippen molar-refractivity contribution in [2.24, 2.45) is 0 Å². The van der Waals surface area contributed by atoms with Crippen LogP contribution in [0.2, 0.25) is 0 Å². The topological polar surface area (TPSA) is 71.3 Å². The number of thioether (sulfide) groups is 1. The van der Waals surface area contributed by atoms with Crippen LogP contribution in [0.4, 0.5) is 17.6 Å². The van der Waals surface area contributed by atoms with Crippen LogP contribution in [-0.4, -0.2) is 62.8 Å². The first-order chi connectivity index (χ1) is 21.9. The molecule has 0 bridgehead atoms. The zero-order chi connectivity index (χ0) is 33.4. The summed E-state index contributed by atoms with van der Waals surface area (Å²) in [5, 5.41) is 4.79. The molecule has 0 saturated carbocycles. The zero-order valence-corrected chi connectivity index (χ0v) is 26.9. The van der Waals surface area contributed by atoms with Crippen molar-refractivity contribution in [3.63, 3.8) is 0 Å². The molecule has 0 N–H and O–H groups in total. The Morgan fingerprint density at radius 1 is 1.11 bits per heavy atom. The minimum absolute atomic E-state index is 0.0482. The molecule has 1 unspecified atom stereocenters. The molecule has 4 rings (SSSR count). The molecule has 0 aliphatic carbocycles. The minimum Gasteiger partial charge on any atom is -0.332 e. The molecule has 244 valence electrons. The Labute approximate surface area is 270 Å². The second-order valence-electron chi connectivity index (χ2n) is 11.1. The Morgan fingerprint density at radius 2 is 1.78 bits per heavy atom. The lowest BCUT2D eigenvalue weighted by Gasteiger charge is -2.30. The number of aryl methyl sites for hydroxylation is 1. The summed E-state index contributed by atoms with van der Waals surface area (Å²) in [5.41, 5.74) is 1.91. The quantitative estimate of drug-likeness (QED) is 0.127. The van der Waals surface area contributed by atoms with Crippen LogP contribution < -0.4 is 5.56 Å². The van der Waals surface area contributed by atoms with Crippen molar-refractivity contribution in [2.45, 2.75) is 62.9 Å². The van der Waals surface area contributed by atoms with Crippen molar-refractivity contribution in [2.75, 3.05) is 20.1 Å². The van der Waals surface area contributed by atoms with Crippen molar-refractivity contribution < 1.29 is 22.4 Å². The summed E-state index contributed by atoms with van der Waals surface area (Å²) in [5.74, 6) is -0.122. The number of hydrogen-bond donors (Lipinski definition) is 0. The largest absolute Gasteiger partial charge is 0.415 e. The molecular weight excluding hydrogens is 618 g/mol. The van der Waals surface area contributed by atoms with Crippen molar-refractivity contribution in [1.29, 1.82) is 0 Å². The third kappa shape index (κ3) is 9.26. The molecule has 7 nitrogen and oxygen atoms in total. The molecule has 12 heteroatoms. The van der Waals surface area contributed by atoms with E-state index < -0.39 is 17.3 Å². The maximum Gasteiger partial charge on any atom is 0.415 e. The summed E-state index contributed by atoms with van der Waals surface area (Å²) < 4.78 is 53.5. The predicted octanol–water partition coefficient (Wildman–Crippen LogP) is 6.44. The molecule has 1 fully saturated rings. The predicted molar refractivity (Wildman–Crippen MR) is 173 cm³/mol. The Kier molecular flexibility index (Phi) is 11.7. The highest BCUT2D eigenvalue weighted by molar-refractivity contribution is 7.98. The van der Waals surface area contributed by atoms with Gasteiger partial charge in [0.05, 0.1) is 0 Å². The molecule has 1 atom stereocenters. The number of likely N-dealkylation sites (tertiary alicyclic amines) is 1. The number of likely N-dealkylation sites (N-methyl/N-ethyl adjacent to an activating group) is 1. The molecule has 1 amide bonds. The van der Waals surface area contributed by atoms with Gasteiger partial charge in [0.1, 0.15) is 18.1 Å². The van der Waals surface area contributed by atoms with E-state index in [1.807, 2.05) is 36.2 Å². The van der Waals surface area contributed by atoms with Gasteiger partial charge in [-0.3, -0.25) is 9.59 Å². The fourth-order valence-electron chi connectivity index (χ4n) is 5.05. The SMILES string of the molecule is C=C(/C=C\C(=C/C)c1ccc(CN(C(=O)Cn2nc(CC)c(=O)nc2SCc2ccc(F)cc2)C2CCN(C)C2)cc1)C(F)(F)F. The van der Waals surface area contributed by atoms with Gasteiger partial charge < -0.3 is 9.80 Å². The number of carbonyl (C=O) groups is 1. The summed E-state index contributed by atoms with van der Waals surface area (Å²) in [4.78, 5) is 34.8. The van der Waals surface area contributed by atoms with Crippen molar-refractivity contribution in [3.8, 4) is 0 Å². The molecule has 3 aromatic rings. The normalized spacial score (nSPS) is 15.9. The van der Waals surface area contributed by atoms with Gasteiger partial charge in [0.2, 0.25) is 5.91 Å². The lowest BCUT2D eigenvalue weighted by Crippen LogP contribution is -2.43. The van der Waals surface area contributed by atoms with Crippen molar-refractivity contribution in [3.05, 3.63) is 117 Å². The van der Waals surface area contributed by atoms with E-state index in [0.717, 1.165) is 35.7 Å². The van der Waals surface area contributed by atoms with Crippen LogP contribution in [0.1, 0.15) is 42.7 Å². The van der Waals surface area contributed by atoms with Crippen LogP contribution in [0.25, 0.3) is 5.57 Å². The average Bonchev–Trinajstić information content (AvgIpc) is 3.46. The Balaban J connectivity index is 1.55. The highest BCUT2D eigenvalue weighted by Crippen LogP contribution is 2.27. The molecule has 0 radical (unpaired) electrons. The minimum atomic E-state index is -4.50. The van der Waals surface area contributed by atoms with E-state index in [0.29, 0.717) is 36.0 Å². The summed E-state index contributed by atoms with van der Waals surface area (Å²) in [6.07, 6.45) is 0.720.